The molecule has 208 valence electrons. The van der Waals surface area contributed by atoms with Crippen LogP contribution in [-0.2, 0) is 10.4 Å². The molecule has 2 fully saturated rings. The number of likely N-dealkylation sites (tertiary alicyclic amines) is 1. The molecule has 1 aromatic carbocycles. The van der Waals surface area contributed by atoms with E-state index in [-0.39, 0.29) is 40.9 Å². The fourth-order valence-electron chi connectivity index (χ4n) is 6.10. The highest BCUT2D eigenvalue weighted by Gasteiger charge is 2.43. The quantitative estimate of drug-likeness (QED) is 0.311. The summed E-state index contributed by atoms with van der Waals surface area (Å²) in [5, 5.41) is 21.1. The van der Waals surface area contributed by atoms with Gasteiger partial charge in [0.2, 0.25) is 5.91 Å². The summed E-state index contributed by atoms with van der Waals surface area (Å²) in [6, 6.07) is 4.59. The number of nitrogens with one attached hydrogen (secondary N) is 3. The average Bonchev–Trinajstić information content (AvgIpc) is 2.89. The first-order valence-corrected chi connectivity index (χ1v) is 14.2. The lowest BCUT2D eigenvalue weighted by Crippen LogP contribution is -2.54. The van der Waals surface area contributed by atoms with Crippen LogP contribution in [-0.4, -0.2) is 61.2 Å². The maximum atomic E-state index is 15.2. The minimum atomic E-state index is -1.52. The molecular formula is C28H44ClFN4O3. The maximum Gasteiger partial charge on any atom is 0.317 e. The van der Waals surface area contributed by atoms with E-state index < -0.39 is 11.4 Å². The number of hydrogen-bond donors (Lipinski definition) is 4. The molecule has 1 saturated carbocycles. The third-order valence-electron chi connectivity index (χ3n) is 8.03. The summed E-state index contributed by atoms with van der Waals surface area (Å²) < 4.78 is 15.2. The summed E-state index contributed by atoms with van der Waals surface area (Å²) in [6.45, 7) is 3.45. The molecule has 1 aliphatic heterocycles. The van der Waals surface area contributed by atoms with Crippen molar-refractivity contribution in [1.29, 1.82) is 0 Å². The first kappa shape index (κ1) is 29.7. The summed E-state index contributed by atoms with van der Waals surface area (Å²) in [5.74, 6) is -0.504. The second-order valence-corrected chi connectivity index (χ2v) is 11.2. The molecule has 0 spiro atoms. The van der Waals surface area contributed by atoms with Gasteiger partial charge in [-0.05, 0) is 51.1 Å². The lowest BCUT2D eigenvalue weighted by atomic mass is 9.74. The number of carbonyl (C=O) groups excluding carboxylic acids is 2. The molecule has 3 rings (SSSR count). The molecule has 1 unspecified atom stereocenters. The Morgan fingerprint density at radius 3 is 2.68 bits per heavy atom. The SMILES string of the molecule is CNCC(CC1CCCCC1)NC(=O)N1CCC[C@@H]([C@@](O)(CCCNC(C)=O)c2cccc(Cl)c2F)C1. The van der Waals surface area contributed by atoms with Crippen molar-refractivity contribution in [2.24, 2.45) is 11.8 Å². The van der Waals surface area contributed by atoms with E-state index >= 15 is 4.39 Å². The van der Waals surface area contributed by atoms with Gasteiger partial charge >= 0.3 is 6.03 Å². The number of aliphatic hydroxyl groups is 1. The third kappa shape index (κ3) is 8.29. The number of carbonyl (C=O) groups is 2. The fraction of sp³-hybridized carbons (Fsp3) is 0.714. The Balaban J connectivity index is 1.72. The molecule has 0 aromatic heterocycles. The molecular weight excluding hydrogens is 495 g/mol. The van der Waals surface area contributed by atoms with Crippen molar-refractivity contribution in [2.75, 3.05) is 33.2 Å². The Morgan fingerprint density at radius 1 is 1.22 bits per heavy atom. The Labute approximate surface area is 225 Å². The van der Waals surface area contributed by atoms with Crippen molar-refractivity contribution in [3.63, 3.8) is 0 Å². The minimum absolute atomic E-state index is 0.0409. The molecule has 2 aliphatic rings. The van der Waals surface area contributed by atoms with Crippen LogP contribution in [0.5, 0.6) is 0 Å². The highest BCUT2D eigenvalue weighted by molar-refractivity contribution is 6.30. The van der Waals surface area contributed by atoms with E-state index in [4.69, 9.17) is 11.6 Å². The lowest BCUT2D eigenvalue weighted by molar-refractivity contribution is -0.119. The van der Waals surface area contributed by atoms with Gasteiger partial charge in [-0.3, -0.25) is 4.79 Å². The topological polar surface area (TPSA) is 93.7 Å². The Bertz CT molecular complexity index is 898. The number of rotatable bonds is 11. The lowest BCUT2D eigenvalue weighted by Gasteiger charge is -2.43. The Morgan fingerprint density at radius 2 is 1.97 bits per heavy atom. The average molecular weight is 539 g/mol. The number of piperidine rings is 1. The molecule has 7 nitrogen and oxygen atoms in total. The summed E-state index contributed by atoms with van der Waals surface area (Å²) >= 11 is 6.08. The van der Waals surface area contributed by atoms with E-state index in [1.165, 1.54) is 45.1 Å². The third-order valence-corrected chi connectivity index (χ3v) is 8.32. The van der Waals surface area contributed by atoms with Crippen molar-refractivity contribution < 1.29 is 19.1 Å². The van der Waals surface area contributed by atoms with Crippen molar-refractivity contribution in [3.05, 3.63) is 34.6 Å². The predicted octanol–water partition coefficient (Wildman–Crippen LogP) is 4.56. The first-order chi connectivity index (χ1) is 17.7. The van der Waals surface area contributed by atoms with E-state index in [2.05, 4.69) is 16.0 Å². The van der Waals surface area contributed by atoms with Crippen molar-refractivity contribution in [3.8, 4) is 0 Å². The van der Waals surface area contributed by atoms with Crippen molar-refractivity contribution in [2.45, 2.75) is 82.8 Å². The Hall–Kier alpha value is -1.90. The van der Waals surface area contributed by atoms with Gasteiger partial charge in [0.15, 0.2) is 0 Å². The van der Waals surface area contributed by atoms with E-state index in [0.29, 0.717) is 51.4 Å². The monoisotopic (exact) mass is 538 g/mol. The standard InChI is InChI=1S/C28H44ClFN4O3/c1-20(35)32-15-8-14-28(37,24-12-6-13-25(29)26(24)30)22-11-7-16-34(19-22)27(36)33-23(18-31-2)17-21-9-4-3-5-10-21/h6,12-13,21-23,31,37H,3-5,7-11,14-19H2,1-2H3,(H,32,35)(H,33,36)/t22-,23?,28+/m1/s1. The number of hydrogen-bond acceptors (Lipinski definition) is 4. The van der Waals surface area contributed by atoms with Gasteiger partial charge in [-0.1, -0.05) is 55.8 Å². The molecule has 1 aromatic rings. The molecule has 1 aliphatic carbocycles. The number of halogens is 2. The second kappa shape index (κ2) is 14.3. The molecule has 3 amide bonds. The van der Waals surface area contributed by atoms with Crippen LogP contribution in [0.4, 0.5) is 9.18 Å². The molecule has 3 atom stereocenters. The zero-order chi connectivity index (χ0) is 26.8. The van der Waals surface area contributed by atoms with Crippen LogP contribution in [0.3, 0.4) is 0 Å². The van der Waals surface area contributed by atoms with E-state index in [9.17, 15) is 14.7 Å². The largest absolute Gasteiger partial charge is 0.385 e. The molecule has 1 heterocycles. The van der Waals surface area contributed by atoms with Gasteiger partial charge < -0.3 is 26.0 Å². The van der Waals surface area contributed by atoms with Crippen LogP contribution >= 0.6 is 11.6 Å². The Kier molecular flexibility index (Phi) is 11.5. The number of benzene rings is 1. The summed E-state index contributed by atoms with van der Waals surface area (Å²) in [7, 11) is 1.90. The minimum Gasteiger partial charge on any atom is -0.385 e. The molecule has 9 heteroatoms. The second-order valence-electron chi connectivity index (χ2n) is 10.8. The number of likely N-dealkylation sites (N-methyl/N-ethyl adjacent to an activating group) is 1. The fourth-order valence-corrected chi connectivity index (χ4v) is 6.28. The van der Waals surface area contributed by atoms with Crippen LogP contribution in [0, 0.1) is 17.7 Å². The van der Waals surface area contributed by atoms with Gasteiger partial charge in [-0.25, -0.2) is 9.18 Å². The number of nitrogens with zero attached hydrogens (tertiary/aromatic N) is 1. The molecule has 0 radical (unpaired) electrons. The number of amides is 3. The zero-order valence-corrected chi connectivity index (χ0v) is 23.1. The van der Waals surface area contributed by atoms with Crippen molar-refractivity contribution >= 4 is 23.5 Å². The first-order valence-electron chi connectivity index (χ1n) is 13.9. The summed E-state index contributed by atoms with van der Waals surface area (Å²) in [5.41, 5.74) is -1.36. The highest BCUT2D eigenvalue weighted by Crippen LogP contribution is 2.41. The molecule has 0 bridgehead atoms. The van der Waals surface area contributed by atoms with Gasteiger partial charge in [0.1, 0.15) is 5.82 Å². The summed E-state index contributed by atoms with van der Waals surface area (Å²) in [4.78, 5) is 26.4. The van der Waals surface area contributed by atoms with Crippen LogP contribution in [0.15, 0.2) is 18.2 Å². The van der Waals surface area contributed by atoms with E-state index in [1.54, 1.807) is 17.0 Å². The van der Waals surface area contributed by atoms with Crippen LogP contribution in [0.2, 0.25) is 5.02 Å². The highest BCUT2D eigenvalue weighted by atomic mass is 35.5. The predicted molar refractivity (Wildman–Crippen MR) is 145 cm³/mol. The number of urea groups is 1. The maximum absolute atomic E-state index is 15.2. The van der Waals surface area contributed by atoms with Crippen LogP contribution < -0.4 is 16.0 Å². The van der Waals surface area contributed by atoms with Crippen molar-refractivity contribution in [1.82, 2.24) is 20.9 Å². The van der Waals surface area contributed by atoms with Gasteiger partial charge in [-0.15, -0.1) is 0 Å². The van der Waals surface area contributed by atoms with Gasteiger partial charge in [-0.2, -0.15) is 0 Å². The smallest absolute Gasteiger partial charge is 0.317 e. The van der Waals surface area contributed by atoms with Gasteiger partial charge in [0.25, 0.3) is 0 Å². The molecule has 37 heavy (non-hydrogen) atoms. The van der Waals surface area contributed by atoms with Gasteiger partial charge in [0, 0.05) is 50.6 Å². The van der Waals surface area contributed by atoms with E-state index in [1.807, 2.05) is 7.05 Å². The molecule has 4 N–H and O–H groups in total. The zero-order valence-electron chi connectivity index (χ0n) is 22.3. The van der Waals surface area contributed by atoms with Gasteiger partial charge in [0.05, 0.1) is 10.6 Å². The van der Waals surface area contributed by atoms with Crippen LogP contribution in [0.1, 0.15) is 76.7 Å². The van der Waals surface area contributed by atoms with E-state index in [0.717, 1.165) is 6.42 Å². The normalized spacial score (nSPS) is 21.2. The molecule has 1 saturated heterocycles. The summed E-state index contributed by atoms with van der Waals surface area (Å²) in [6.07, 6.45) is 9.32. The van der Waals surface area contributed by atoms with Crippen LogP contribution in [0.25, 0.3) is 0 Å².